The van der Waals surface area contributed by atoms with Crippen molar-refractivity contribution in [3.63, 3.8) is 0 Å². The van der Waals surface area contributed by atoms with Crippen LogP contribution in [0.1, 0.15) is 248 Å². The van der Waals surface area contributed by atoms with E-state index in [9.17, 15) is 0 Å². The second-order valence-electron chi connectivity index (χ2n) is 16.2. The third-order valence-corrected chi connectivity index (χ3v) is 10.5. The molecule has 0 aliphatic rings. The van der Waals surface area contributed by atoms with Gasteiger partial charge in [-0.15, -0.1) is 0 Å². The van der Waals surface area contributed by atoms with Crippen molar-refractivity contribution in [2.75, 3.05) is 40.0 Å². The molecule has 0 radical (unpaired) electrons. The Morgan fingerprint density at radius 1 is 0.316 bits per heavy atom. The maximum atomic E-state index is 6.66. The average Bonchev–Trinajstić information content (AvgIpc) is 3.21. The van der Waals surface area contributed by atoms with E-state index >= 15 is 0 Å². The standard InChI is InChI=1S/C50H98O7/c1-9-17-23-29-37-47(49(54-41-33-27-21-13-5)45(35-15-7)52-39-31-25-19-11-3)56-43-51-44-57-48(38-30-24-18-10-2)50(55-42-34-28-22-14-6)46(36-16-8)53-40-32-26-20-12-4/h47-48H,9-44H2,1-8H3. The van der Waals surface area contributed by atoms with Crippen LogP contribution in [0.4, 0.5) is 0 Å². The summed E-state index contributed by atoms with van der Waals surface area (Å²) in [6.45, 7) is 21.1. The minimum atomic E-state index is -0.214. The first-order valence-electron chi connectivity index (χ1n) is 24.9. The summed E-state index contributed by atoms with van der Waals surface area (Å²) in [5.41, 5.74) is 0. The van der Waals surface area contributed by atoms with Gasteiger partial charge >= 0.3 is 0 Å². The quantitative estimate of drug-likeness (QED) is 0.0345. The molecule has 2 unspecified atom stereocenters. The summed E-state index contributed by atoms with van der Waals surface area (Å²) in [4.78, 5) is 0. The van der Waals surface area contributed by atoms with Crippen LogP contribution in [0.3, 0.4) is 0 Å². The molecule has 0 N–H and O–H groups in total. The van der Waals surface area contributed by atoms with E-state index in [1.165, 1.54) is 116 Å². The van der Waals surface area contributed by atoms with Crippen molar-refractivity contribution in [3.05, 3.63) is 23.0 Å². The molecule has 2 atom stereocenters. The summed E-state index contributed by atoms with van der Waals surface area (Å²) in [5.74, 6) is 3.72. The molecule has 0 spiro atoms. The molecule has 57 heavy (non-hydrogen) atoms. The molecule has 7 heteroatoms. The number of hydrogen-bond donors (Lipinski definition) is 0. The maximum Gasteiger partial charge on any atom is 0.162 e. The Morgan fingerprint density at radius 2 is 0.614 bits per heavy atom. The highest BCUT2D eigenvalue weighted by Gasteiger charge is 2.25. The van der Waals surface area contributed by atoms with Gasteiger partial charge in [-0.25, -0.2) is 0 Å². The topological polar surface area (TPSA) is 64.6 Å². The molecule has 0 fully saturated rings. The van der Waals surface area contributed by atoms with E-state index in [0.29, 0.717) is 13.2 Å². The third-order valence-electron chi connectivity index (χ3n) is 10.5. The van der Waals surface area contributed by atoms with Gasteiger partial charge in [0.1, 0.15) is 23.7 Å². The summed E-state index contributed by atoms with van der Waals surface area (Å²) < 4.78 is 45.9. The molecule has 0 aromatic rings. The Kier molecular flexibility index (Phi) is 43.0. The normalized spacial score (nSPS) is 13.6. The molecule has 0 heterocycles. The van der Waals surface area contributed by atoms with Crippen LogP contribution in [0, 0.1) is 0 Å². The van der Waals surface area contributed by atoms with Gasteiger partial charge in [0.2, 0.25) is 0 Å². The fraction of sp³-hybridized carbons (Fsp3) is 0.920. The molecule has 0 aliphatic heterocycles. The number of rotatable bonds is 46. The summed E-state index contributed by atoms with van der Waals surface area (Å²) in [5, 5.41) is 0. The van der Waals surface area contributed by atoms with Gasteiger partial charge in [0.15, 0.2) is 25.1 Å². The minimum absolute atomic E-state index is 0.131. The Balaban J connectivity index is 6.22. The third kappa shape index (κ3) is 32.1. The van der Waals surface area contributed by atoms with Crippen LogP contribution in [0.5, 0.6) is 0 Å². The van der Waals surface area contributed by atoms with E-state index in [-0.39, 0.29) is 25.8 Å². The predicted octanol–water partition coefficient (Wildman–Crippen LogP) is 16.0. The smallest absolute Gasteiger partial charge is 0.162 e. The van der Waals surface area contributed by atoms with Gasteiger partial charge in [0, 0.05) is 12.8 Å². The zero-order chi connectivity index (χ0) is 41.9. The SMILES string of the molecule is CCCCCCOC(CCC)=C(OCCCCCC)C(CCCCCC)OCOCOC(CCCCCC)C(OCCCCCC)=C(CCC)OCCCCCC. The molecule has 0 saturated carbocycles. The second kappa shape index (κ2) is 44.1. The molecule has 340 valence electrons. The Hall–Kier alpha value is -1.44. The van der Waals surface area contributed by atoms with Crippen LogP contribution in [0.15, 0.2) is 23.0 Å². The molecule has 0 aromatic heterocycles. The lowest BCUT2D eigenvalue weighted by molar-refractivity contribution is -0.167. The Morgan fingerprint density at radius 3 is 0.912 bits per heavy atom. The Bertz CT molecular complexity index is 818. The predicted molar refractivity (Wildman–Crippen MR) is 242 cm³/mol. The zero-order valence-electron chi connectivity index (χ0n) is 39.5. The van der Waals surface area contributed by atoms with Crippen LogP contribution in [-0.2, 0) is 33.2 Å². The summed E-state index contributed by atoms with van der Waals surface area (Å²) in [6.07, 6.45) is 33.2. The lowest BCUT2D eigenvalue weighted by atomic mass is 10.1. The van der Waals surface area contributed by atoms with Crippen LogP contribution in [0.25, 0.3) is 0 Å². The number of ether oxygens (including phenoxy) is 7. The van der Waals surface area contributed by atoms with Crippen LogP contribution in [0.2, 0.25) is 0 Å². The largest absolute Gasteiger partial charge is 0.494 e. The van der Waals surface area contributed by atoms with E-state index < -0.39 is 0 Å². The van der Waals surface area contributed by atoms with Crippen molar-refractivity contribution < 1.29 is 33.2 Å². The van der Waals surface area contributed by atoms with Gasteiger partial charge in [0.05, 0.1) is 26.4 Å². The van der Waals surface area contributed by atoms with Gasteiger partial charge in [-0.2, -0.15) is 0 Å². The molecule has 0 saturated heterocycles. The number of allylic oxidation sites excluding steroid dienone is 2. The highest BCUT2D eigenvalue weighted by atomic mass is 16.7. The van der Waals surface area contributed by atoms with Crippen molar-refractivity contribution in [2.45, 2.75) is 260 Å². The van der Waals surface area contributed by atoms with Crippen LogP contribution < -0.4 is 0 Å². The van der Waals surface area contributed by atoms with Gasteiger partial charge in [-0.1, -0.05) is 184 Å². The number of unbranched alkanes of at least 4 members (excludes halogenated alkanes) is 18. The Labute approximate surface area is 355 Å². The van der Waals surface area contributed by atoms with Gasteiger partial charge in [-0.05, 0) is 51.4 Å². The fourth-order valence-electron chi connectivity index (χ4n) is 6.95. The zero-order valence-corrected chi connectivity index (χ0v) is 39.5. The highest BCUT2D eigenvalue weighted by molar-refractivity contribution is 5.09. The molecular formula is C50H98O7. The van der Waals surface area contributed by atoms with E-state index in [1.807, 2.05) is 0 Å². The van der Waals surface area contributed by atoms with Crippen molar-refractivity contribution in [3.8, 4) is 0 Å². The summed E-state index contributed by atoms with van der Waals surface area (Å²) in [7, 11) is 0. The minimum Gasteiger partial charge on any atom is -0.494 e. The van der Waals surface area contributed by atoms with Crippen LogP contribution >= 0.6 is 0 Å². The molecule has 0 aliphatic carbocycles. The van der Waals surface area contributed by atoms with E-state index in [2.05, 4.69) is 55.4 Å². The summed E-state index contributed by atoms with van der Waals surface area (Å²) >= 11 is 0. The van der Waals surface area contributed by atoms with Crippen molar-refractivity contribution in [1.29, 1.82) is 0 Å². The van der Waals surface area contributed by atoms with Crippen molar-refractivity contribution in [1.82, 2.24) is 0 Å². The van der Waals surface area contributed by atoms with Crippen molar-refractivity contribution in [2.24, 2.45) is 0 Å². The first kappa shape index (κ1) is 55.6. The van der Waals surface area contributed by atoms with E-state index in [4.69, 9.17) is 33.2 Å². The molecule has 0 aromatic carbocycles. The second-order valence-corrected chi connectivity index (χ2v) is 16.2. The first-order valence-corrected chi connectivity index (χ1v) is 24.9. The van der Waals surface area contributed by atoms with Crippen LogP contribution in [-0.4, -0.2) is 52.2 Å². The fourth-order valence-corrected chi connectivity index (χ4v) is 6.95. The molecular weight excluding hydrogens is 713 g/mol. The lowest BCUT2D eigenvalue weighted by Crippen LogP contribution is -2.25. The van der Waals surface area contributed by atoms with E-state index in [0.717, 1.165) is 113 Å². The number of hydrogen-bond acceptors (Lipinski definition) is 7. The first-order chi connectivity index (χ1) is 28.1. The van der Waals surface area contributed by atoms with Gasteiger partial charge in [0.25, 0.3) is 0 Å². The molecule has 0 amide bonds. The molecule has 0 rings (SSSR count). The van der Waals surface area contributed by atoms with Gasteiger partial charge in [-0.3, -0.25) is 0 Å². The highest BCUT2D eigenvalue weighted by Crippen LogP contribution is 2.27. The lowest BCUT2D eigenvalue weighted by Gasteiger charge is -2.26. The van der Waals surface area contributed by atoms with Crippen molar-refractivity contribution >= 4 is 0 Å². The van der Waals surface area contributed by atoms with E-state index in [1.54, 1.807) is 0 Å². The monoisotopic (exact) mass is 811 g/mol. The summed E-state index contributed by atoms with van der Waals surface area (Å²) in [6, 6.07) is 0. The maximum absolute atomic E-state index is 6.66. The average molecular weight is 811 g/mol. The van der Waals surface area contributed by atoms with Gasteiger partial charge < -0.3 is 33.2 Å². The molecule has 7 nitrogen and oxygen atoms in total. The molecule has 0 bridgehead atoms.